The number of benzene rings is 1. The van der Waals surface area contributed by atoms with Gasteiger partial charge in [0.15, 0.2) is 6.61 Å². The Morgan fingerprint density at radius 3 is 2.45 bits per heavy atom. The highest BCUT2D eigenvalue weighted by Crippen LogP contribution is 2.33. The number of halogens is 5. The highest BCUT2D eigenvalue weighted by Gasteiger charge is 2.40. The minimum atomic E-state index is -4.67. The molecule has 1 aliphatic carbocycles. The molecule has 3 N–H and O–H groups in total. The van der Waals surface area contributed by atoms with Crippen molar-refractivity contribution >= 4 is 23.4 Å². The first-order valence-corrected chi connectivity index (χ1v) is 11.1. The number of carbonyl (C=O) groups is 2. The second-order valence-corrected chi connectivity index (χ2v) is 8.72. The van der Waals surface area contributed by atoms with E-state index in [0.717, 1.165) is 6.07 Å². The number of nitrogens with zero attached hydrogens (tertiary/aromatic N) is 1. The van der Waals surface area contributed by atoms with E-state index in [0.29, 0.717) is 32.2 Å². The van der Waals surface area contributed by atoms with E-state index in [2.05, 4.69) is 10.1 Å². The topological polar surface area (TPSA) is 93.9 Å². The average Bonchev–Trinajstić information content (AvgIpc) is 2.74. The number of hydrogen-bond donors (Lipinski definition) is 2. The lowest BCUT2D eigenvalue weighted by molar-refractivity contribution is -0.345. The Kier molecular flexibility index (Phi) is 8.41. The van der Waals surface area contributed by atoms with Crippen molar-refractivity contribution in [2.45, 2.75) is 69.1 Å². The summed E-state index contributed by atoms with van der Waals surface area (Å²) in [6.07, 6.45) is -3.35. The van der Waals surface area contributed by atoms with Gasteiger partial charge in [-0.3, -0.25) is 19.2 Å². The van der Waals surface area contributed by atoms with E-state index in [9.17, 15) is 27.2 Å². The molecule has 2 aliphatic rings. The number of amides is 2. The van der Waals surface area contributed by atoms with Crippen molar-refractivity contribution in [1.82, 2.24) is 10.2 Å². The van der Waals surface area contributed by atoms with Gasteiger partial charge in [-0.15, -0.1) is 13.2 Å². The fraction of sp³-hybridized carbons (Fsp3) is 0.619. The normalized spacial score (nSPS) is 26.6. The zero-order valence-corrected chi connectivity index (χ0v) is 18.5. The summed E-state index contributed by atoms with van der Waals surface area (Å²) in [5.74, 6) is -1.43. The summed E-state index contributed by atoms with van der Waals surface area (Å²) >= 11 is 5.62. The van der Waals surface area contributed by atoms with Crippen molar-refractivity contribution < 1.29 is 36.6 Å². The standard InChI is InChI=1S/C21H26ClF4N3O4/c22-16-7-6-15(9-17(16)23)32-11-19(30)28-12-1-8-18(20(27)31)29(10-12)13-2-4-14(5-3-13)33-21(24,25)26/h6-7,9,12-14,18H,1-5,8,10-11H2,(H2,27,31)(H,28,30). The second-order valence-electron chi connectivity index (χ2n) is 8.32. The van der Waals surface area contributed by atoms with Gasteiger partial charge < -0.3 is 15.8 Å². The van der Waals surface area contributed by atoms with E-state index in [-0.39, 0.29) is 42.3 Å². The fourth-order valence-corrected chi connectivity index (χ4v) is 4.61. The highest BCUT2D eigenvalue weighted by molar-refractivity contribution is 6.30. The van der Waals surface area contributed by atoms with Gasteiger partial charge in [0.2, 0.25) is 5.91 Å². The zero-order chi connectivity index (χ0) is 24.2. The van der Waals surface area contributed by atoms with Crippen LogP contribution in [-0.2, 0) is 14.3 Å². The van der Waals surface area contributed by atoms with Crippen LogP contribution in [0.15, 0.2) is 18.2 Å². The van der Waals surface area contributed by atoms with E-state index in [1.165, 1.54) is 12.1 Å². The van der Waals surface area contributed by atoms with E-state index in [1.54, 1.807) is 0 Å². The monoisotopic (exact) mass is 495 g/mol. The maximum absolute atomic E-state index is 13.5. The summed E-state index contributed by atoms with van der Waals surface area (Å²) in [6, 6.07) is 2.87. The Balaban J connectivity index is 1.53. The molecular weight excluding hydrogens is 470 g/mol. The van der Waals surface area contributed by atoms with Crippen LogP contribution < -0.4 is 15.8 Å². The Labute approximate surface area is 193 Å². The minimum Gasteiger partial charge on any atom is -0.484 e. The van der Waals surface area contributed by atoms with Gasteiger partial charge in [-0.1, -0.05) is 11.6 Å². The first-order chi connectivity index (χ1) is 15.5. The number of nitrogens with two attached hydrogens (primary N) is 1. The Hall–Kier alpha value is -2.11. The summed E-state index contributed by atoms with van der Waals surface area (Å²) in [4.78, 5) is 26.2. The van der Waals surface area contributed by atoms with Crippen molar-refractivity contribution in [3.8, 4) is 5.75 Å². The van der Waals surface area contributed by atoms with Crippen LogP contribution in [0.3, 0.4) is 0 Å². The van der Waals surface area contributed by atoms with Gasteiger partial charge in [0, 0.05) is 24.7 Å². The van der Waals surface area contributed by atoms with Gasteiger partial charge in [-0.05, 0) is 50.7 Å². The van der Waals surface area contributed by atoms with E-state index >= 15 is 0 Å². The van der Waals surface area contributed by atoms with Crippen LogP contribution in [0.5, 0.6) is 5.75 Å². The Morgan fingerprint density at radius 1 is 1.15 bits per heavy atom. The van der Waals surface area contributed by atoms with E-state index in [4.69, 9.17) is 22.1 Å². The van der Waals surface area contributed by atoms with Crippen LogP contribution in [0.25, 0.3) is 0 Å². The van der Waals surface area contributed by atoms with Gasteiger partial charge in [0.25, 0.3) is 5.91 Å². The first kappa shape index (κ1) is 25.5. The zero-order valence-electron chi connectivity index (χ0n) is 17.7. The van der Waals surface area contributed by atoms with E-state index < -0.39 is 36.1 Å². The lowest BCUT2D eigenvalue weighted by Gasteiger charge is -2.45. The molecule has 1 aliphatic heterocycles. The van der Waals surface area contributed by atoms with Crippen LogP contribution in [-0.4, -0.2) is 60.5 Å². The largest absolute Gasteiger partial charge is 0.522 e. The number of primary amides is 1. The van der Waals surface area contributed by atoms with Crippen molar-refractivity contribution in [1.29, 1.82) is 0 Å². The number of carbonyl (C=O) groups excluding carboxylic acids is 2. The second kappa shape index (κ2) is 10.9. The average molecular weight is 496 g/mol. The smallest absolute Gasteiger partial charge is 0.484 e. The lowest BCUT2D eigenvalue weighted by atomic mass is 9.87. The maximum Gasteiger partial charge on any atom is 0.522 e. The predicted octanol–water partition coefficient (Wildman–Crippen LogP) is 3.14. The Bertz CT molecular complexity index is 849. The molecule has 184 valence electrons. The molecule has 2 amide bonds. The first-order valence-electron chi connectivity index (χ1n) is 10.7. The quantitative estimate of drug-likeness (QED) is 0.567. The van der Waals surface area contributed by atoms with Crippen LogP contribution in [0.2, 0.25) is 5.02 Å². The van der Waals surface area contributed by atoms with Gasteiger partial charge in [0.1, 0.15) is 11.6 Å². The predicted molar refractivity (Wildman–Crippen MR) is 111 cm³/mol. The number of alkyl halides is 3. The molecule has 2 unspecified atom stereocenters. The highest BCUT2D eigenvalue weighted by atomic mass is 35.5. The molecule has 12 heteroatoms. The number of nitrogens with one attached hydrogen (secondary N) is 1. The molecule has 1 saturated carbocycles. The van der Waals surface area contributed by atoms with Crippen LogP contribution in [0, 0.1) is 5.82 Å². The van der Waals surface area contributed by atoms with Gasteiger partial charge in [-0.25, -0.2) is 4.39 Å². The molecule has 2 fully saturated rings. The Morgan fingerprint density at radius 2 is 1.85 bits per heavy atom. The third-order valence-electron chi connectivity index (χ3n) is 5.99. The fourth-order valence-electron chi connectivity index (χ4n) is 4.49. The van der Waals surface area contributed by atoms with Gasteiger partial charge in [-0.2, -0.15) is 0 Å². The maximum atomic E-state index is 13.5. The van der Waals surface area contributed by atoms with Crippen molar-refractivity contribution in [3.05, 3.63) is 29.0 Å². The molecular formula is C21H26ClF4N3O4. The molecule has 1 saturated heterocycles. The molecule has 2 atom stereocenters. The molecule has 33 heavy (non-hydrogen) atoms. The third kappa shape index (κ3) is 7.44. The van der Waals surface area contributed by atoms with Gasteiger partial charge >= 0.3 is 6.36 Å². The van der Waals surface area contributed by atoms with Crippen LogP contribution >= 0.6 is 11.6 Å². The summed E-state index contributed by atoms with van der Waals surface area (Å²) in [5, 5.41) is 2.77. The van der Waals surface area contributed by atoms with Crippen molar-refractivity contribution in [2.75, 3.05) is 13.2 Å². The molecule has 3 rings (SSSR count). The van der Waals surface area contributed by atoms with Gasteiger partial charge in [0.05, 0.1) is 17.2 Å². The lowest BCUT2D eigenvalue weighted by Crippen LogP contribution is -2.59. The number of rotatable bonds is 7. The van der Waals surface area contributed by atoms with Crippen molar-refractivity contribution in [2.24, 2.45) is 5.73 Å². The summed E-state index contributed by atoms with van der Waals surface area (Å²) < 4.78 is 60.3. The number of likely N-dealkylation sites (tertiary alicyclic amines) is 1. The summed E-state index contributed by atoms with van der Waals surface area (Å²) in [5.41, 5.74) is 5.55. The summed E-state index contributed by atoms with van der Waals surface area (Å²) in [7, 11) is 0. The van der Waals surface area contributed by atoms with Crippen LogP contribution in [0.1, 0.15) is 38.5 Å². The molecule has 1 aromatic rings. The molecule has 0 bridgehead atoms. The minimum absolute atomic E-state index is 0.0582. The SMILES string of the molecule is NC(=O)C1CCC(NC(=O)COc2ccc(Cl)c(F)c2)CN1C1CCC(OC(F)(F)F)CC1. The third-order valence-corrected chi connectivity index (χ3v) is 6.29. The molecule has 7 nitrogen and oxygen atoms in total. The van der Waals surface area contributed by atoms with Crippen LogP contribution in [0.4, 0.5) is 17.6 Å². The molecule has 1 heterocycles. The summed E-state index contributed by atoms with van der Waals surface area (Å²) in [6.45, 7) is 0.00108. The number of piperidine rings is 1. The van der Waals surface area contributed by atoms with E-state index in [1.807, 2.05) is 4.90 Å². The molecule has 0 radical (unpaired) electrons. The molecule has 0 aromatic heterocycles. The molecule has 1 aromatic carbocycles. The molecule has 0 spiro atoms. The van der Waals surface area contributed by atoms with Crippen molar-refractivity contribution in [3.63, 3.8) is 0 Å². The number of ether oxygens (including phenoxy) is 2. The number of hydrogen-bond acceptors (Lipinski definition) is 5.